The molecule has 0 aliphatic rings. The molecule has 1 unspecified atom stereocenters. The largest absolute Gasteiger partial charge is 0.282 e. The second-order valence-corrected chi connectivity index (χ2v) is 1.39. The summed E-state index contributed by atoms with van der Waals surface area (Å²) in [5.41, 5.74) is -0.130. The van der Waals surface area contributed by atoms with Crippen molar-refractivity contribution in [3.05, 3.63) is 0 Å². The highest BCUT2D eigenvalue weighted by atomic mass is 35.5. The maximum absolute atomic E-state index is 5.23. The molecule has 0 fully saturated rings. The summed E-state index contributed by atoms with van der Waals surface area (Å²) >= 11 is 5.23. The Morgan fingerprint density at radius 3 is 2.20 bits per heavy atom. The second kappa shape index (κ2) is 2.21. The molecule has 0 aromatic rings. The van der Waals surface area contributed by atoms with Gasteiger partial charge in [0.25, 0.3) is 0 Å². The average molecular weight is 91.5 g/mol. The third-order valence-electron chi connectivity index (χ3n) is 0.252. The molecule has 1 atom stereocenters. The minimum absolute atomic E-state index is 0.130. The standard InChI is InChI=1S/C3H6ClN/c1-3(4)5-2/h3H,2H2,1H3. The van der Waals surface area contributed by atoms with E-state index in [0.29, 0.717) is 0 Å². The van der Waals surface area contributed by atoms with Crippen molar-refractivity contribution in [2.45, 2.75) is 12.4 Å². The quantitative estimate of drug-likeness (QED) is 0.262. The molecule has 0 rings (SSSR count). The summed E-state index contributed by atoms with van der Waals surface area (Å²) in [6, 6.07) is 0. The molecule has 0 aliphatic carbocycles. The SMILES string of the molecule is C=NC(C)Cl. The summed E-state index contributed by atoms with van der Waals surface area (Å²) in [7, 11) is 0. The molecule has 0 amide bonds. The molecule has 0 saturated carbocycles. The van der Waals surface area contributed by atoms with Gasteiger partial charge in [0.1, 0.15) is 5.50 Å². The zero-order valence-corrected chi connectivity index (χ0v) is 3.87. The predicted octanol–water partition coefficient (Wildman–Crippen LogP) is 1.27. The molecule has 30 valence electrons. The highest BCUT2D eigenvalue weighted by Crippen LogP contribution is 1.89. The van der Waals surface area contributed by atoms with Crippen LogP contribution in [0, 0.1) is 0 Å². The van der Waals surface area contributed by atoms with E-state index in [1.54, 1.807) is 6.92 Å². The Morgan fingerprint density at radius 1 is 2.00 bits per heavy atom. The third-order valence-corrected chi connectivity index (χ3v) is 0.390. The highest BCUT2D eigenvalue weighted by Gasteiger charge is 1.77. The average Bonchev–Trinajstić information content (AvgIpc) is 1.38. The van der Waals surface area contributed by atoms with Crippen molar-refractivity contribution in [3.8, 4) is 0 Å². The van der Waals surface area contributed by atoms with Crippen molar-refractivity contribution in [2.75, 3.05) is 0 Å². The van der Waals surface area contributed by atoms with Crippen LogP contribution in [-0.2, 0) is 0 Å². The van der Waals surface area contributed by atoms with E-state index in [9.17, 15) is 0 Å². The van der Waals surface area contributed by atoms with Crippen LogP contribution in [0.5, 0.6) is 0 Å². The minimum Gasteiger partial charge on any atom is -0.282 e. The van der Waals surface area contributed by atoms with Crippen molar-refractivity contribution in [1.82, 2.24) is 0 Å². The molecule has 2 heteroatoms. The van der Waals surface area contributed by atoms with Gasteiger partial charge in [-0.1, -0.05) is 11.6 Å². The summed E-state index contributed by atoms with van der Waals surface area (Å²) in [4.78, 5) is 3.40. The molecular formula is C3H6ClN. The topological polar surface area (TPSA) is 12.4 Å². The van der Waals surface area contributed by atoms with Gasteiger partial charge in [-0.05, 0) is 13.6 Å². The van der Waals surface area contributed by atoms with Gasteiger partial charge in [-0.3, -0.25) is 4.99 Å². The van der Waals surface area contributed by atoms with E-state index in [4.69, 9.17) is 11.6 Å². The number of hydrogen-bond acceptors (Lipinski definition) is 1. The van der Waals surface area contributed by atoms with Gasteiger partial charge in [0.2, 0.25) is 0 Å². The van der Waals surface area contributed by atoms with E-state index in [2.05, 4.69) is 11.7 Å². The van der Waals surface area contributed by atoms with E-state index in [1.165, 1.54) is 0 Å². The van der Waals surface area contributed by atoms with Gasteiger partial charge in [-0.25, -0.2) is 0 Å². The first-order chi connectivity index (χ1) is 2.27. The van der Waals surface area contributed by atoms with Crippen LogP contribution in [0.3, 0.4) is 0 Å². The minimum atomic E-state index is -0.130. The molecule has 0 radical (unpaired) electrons. The second-order valence-electron chi connectivity index (χ2n) is 0.757. The van der Waals surface area contributed by atoms with Gasteiger partial charge in [0.05, 0.1) is 0 Å². The monoisotopic (exact) mass is 91.0 g/mol. The predicted molar refractivity (Wildman–Crippen MR) is 24.9 cm³/mol. The summed E-state index contributed by atoms with van der Waals surface area (Å²) in [5, 5.41) is 0. The Balaban J connectivity index is 2.83. The third kappa shape index (κ3) is 3.96. The van der Waals surface area contributed by atoms with E-state index in [0.717, 1.165) is 0 Å². The Bertz CT molecular complexity index is 33.9. The molecule has 1 nitrogen and oxygen atoms in total. The summed E-state index contributed by atoms with van der Waals surface area (Å²) in [6.07, 6.45) is 0. The lowest BCUT2D eigenvalue weighted by molar-refractivity contribution is 1.04. The Kier molecular flexibility index (Phi) is 2.19. The highest BCUT2D eigenvalue weighted by molar-refractivity contribution is 6.20. The Hall–Kier alpha value is -0.0400. The van der Waals surface area contributed by atoms with Crippen molar-refractivity contribution in [1.29, 1.82) is 0 Å². The number of nitrogens with zero attached hydrogens (tertiary/aromatic N) is 1. The van der Waals surface area contributed by atoms with E-state index < -0.39 is 0 Å². The summed E-state index contributed by atoms with van der Waals surface area (Å²) in [5.74, 6) is 0. The fourth-order valence-corrected chi connectivity index (χ4v) is 0. The maximum Gasteiger partial charge on any atom is 0.120 e. The molecule has 0 aromatic carbocycles. The molecule has 0 bridgehead atoms. The van der Waals surface area contributed by atoms with Gasteiger partial charge in [-0.2, -0.15) is 0 Å². The van der Waals surface area contributed by atoms with Crippen LogP contribution in [0.4, 0.5) is 0 Å². The number of aliphatic imine (C=N–C) groups is 1. The van der Waals surface area contributed by atoms with Crippen LogP contribution in [0.15, 0.2) is 4.99 Å². The van der Waals surface area contributed by atoms with Crippen LogP contribution in [0.25, 0.3) is 0 Å². The normalized spacial score (nSPS) is 14.0. The smallest absolute Gasteiger partial charge is 0.120 e. The molecule has 0 saturated heterocycles. The van der Waals surface area contributed by atoms with E-state index in [1.807, 2.05) is 0 Å². The van der Waals surface area contributed by atoms with Crippen LogP contribution >= 0.6 is 11.6 Å². The van der Waals surface area contributed by atoms with Gasteiger partial charge >= 0.3 is 0 Å². The fourth-order valence-electron chi connectivity index (χ4n) is 0. The number of rotatable bonds is 1. The van der Waals surface area contributed by atoms with Crippen molar-refractivity contribution in [2.24, 2.45) is 4.99 Å². The van der Waals surface area contributed by atoms with E-state index in [-0.39, 0.29) is 5.50 Å². The molecule has 0 heterocycles. The maximum atomic E-state index is 5.23. The Labute approximate surface area is 36.7 Å². The lowest BCUT2D eigenvalue weighted by Gasteiger charge is -1.82. The van der Waals surface area contributed by atoms with E-state index >= 15 is 0 Å². The number of alkyl halides is 1. The van der Waals surface area contributed by atoms with Crippen LogP contribution in [-0.4, -0.2) is 12.2 Å². The lowest BCUT2D eigenvalue weighted by atomic mass is 10.8. The summed E-state index contributed by atoms with van der Waals surface area (Å²) < 4.78 is 0. The Morgan fingerprint density at radius 2 is 2.20 bits per heavy atom. The van der Waals surface area contributed by atoms with Crippen molar-refractivity contribution >= 4 is 18.3 Å². The molecular weight excluding hydrogens is 85.5 g/mol. The van der Waals surface area contributed by atoms with Crippen LogP contribution in [0.2, 0.25) is 0 Å². The lowest BCUT2D eigenvalue weighted by Crippen LogP contribution is -1.76. The fraction of sp³-hybridized carbons (Fsp3) is 0.667. The molecule has 0 spiro atoms. The molecule has 0 aromatic heterocycles. The van der Waals surface area contributed by atoms with Crippen LogP contribution < -0.4 is 0 Å². The first-order valence-corrected chi connectivity index (χ1v) is 1.81. The van der Waals surface area contributed by atoms with Gasteiger partial charge in [0, 0.05) is 0 Å². The van der Waals surface area contributed by atoms with Crippen molar-refractivity contribution in [3.63, 3.8) is 0 Å². The van der Waals surface area contributed by atoms with Crippen LogP contribution in [0.1, 0.15) is 6.92 Å². The zero-order valence-electron chi connectivity index (χ0n) is 3.11. The molecule has 5 heavy (non-hydrogen) atoms. The van der Waals surface area contributed by atoms with Gasteiger partial charge < -0.3 is 0 Å². The number of hydrogen-bond donors (Lipinski definition) is 0. The summed E-state index contributed by atoms with van der Waals surface area (Å²) in [6.45, 7) is 4.94. The first kappa shape index (κ1) is 4.96. The molecule has 0 aliphatic heterocycles. The number of halogens is 1. The molecule has 0 N–H and O–H groups in total. The zero-order chi connectivity index (χ0) is 4.28. The first-order valence-electron chi connectivity index (χ1n) is 1.37. The van der Waals surface area contributed by atoms with Gasteiger partial charge in [0.15, 0.2) is 0 Å². The van der Waals surface area contributed by atoms with Gasteiger partial charge in [-0.15, -0.1) is 0 Å². The van der Waals surface area contributed by atoms with Crippen molar-refractivity contribution < 1.29 is 0 Å².